The average Bonchev–Trinajstić information content (AvgIpc) is 4.29. The van der Waals surface area contributed by atoms with Gasteiger partial charge in [0.2, 0.25) is 52.6 Å². The smallest absolute Gasteiger partial charge is 0.420 e. The highest BCUT2D eigenvalue weighted by atomic mass is 31.2. The molecule has 4 unspecified atom stereocenters. The third kappa shape index (κ3) is 14.1. The molecule has 0 saturated carbocycles. The van der Waals surface area contributed by atoms with E-state index in [1.807, 2.05) is 0 Å². The van der Waals surface area contributed by atoms with Crippen LogP contribution in [-0.2, 0) is 70.0 Å². The maximum Gasteiger partial charge on any atom is 0.472 e. The van der Waals surface area contributed by atoms with Crippen molar-refractivity contribution < 1.29 is 112 Å². The van der Waals surface area contributed by atoms with Gasteiger partial charge in [0.1, 0.15) is 36.6 Å². The third-order valence-electron chi connectivity index (χ3n) is 11.5. The molecule has 3 fully saturated rings. The maximum atomic E-state index is 13.8. The number of nitrogens with zero attached hydrogens (tertiary/aromatic N) is 6. The highest BCUT2D eigenvalue weighted by Crippen LogP contribution is 2.54. The van der Waals surface area contributed by atoms with Gasteiger partial charge < -0.3 is 69.6 Å². The zero-order valence-electron chi connectivity index (χ0n) is 40.5. The van der Waals surface area contributed by atoms with Gasteiger partial charge in [-0.15, -0.1) is 0 Å². The fraction of sp³-hybridized carbons (Fsp3) is 0.550. The highest BCUT2D eigenvalue weighted by molar-refractivity contribution is 7.47. The fourth-order valence-electron chi connectivity index (χ4n) is 7.97. The van der Waals surface area contributed by atoms with Crippen molar-refractivity contribution in [3.05, 3.63) is 62.4 Å². The Hall–Kier alpha value is -5.99. The van der Waals surface area contributed by atoms with E-state index in [-0.39, 0.29) is 107 Å². The topological polar surface area (TPSA) is 431 Å². The van der Waals surface area contributed by atoms with Crippen molar-refractivity contribution in [2.45, 2.75) is 61.9 Å². The van der Waals surface area contributed by atoms with Gasteiger partial charge in [0.15, 0.2) is 34.8 Å². The summed E-state index contributed by atoms with van der Waals surface area (Å²) >= 11 is 0. The maximum absolute atomic E-state index is 13.8. The minimum atomic E-state index is -5.31. The Balaban J connectivity index is 0.791. The summed E-state index contributed by atoms with van der Waals surface area (Å²) < 4.78 is 161. The van der Waals surface area contributed by atoms with Crippen LogP contribution in [0.1, 0.15) is 25.3 Å². The Morgan fingerprint density at radius 1 is 0.658 bits per heavy atom. The number of aromatic nitrogens is 8. The van der Waals surface area contributed by atoms with Crippen LogP contribution in [0.5, 0.6) is 5.75 Å². The number of aromatic amines is 2. The Bertz CT molecular complexity index is 3200. The number of rotatable bonds is 22. The number of phosphoric acid groups is 2. The van der Waals surface area contributed by atoms with Crippen molar-refractivity contribution in [2.75, 3.05) is 90.7 Å². The van der Waals surface area contributed by atoms with Gasteiger partial charge in [0, 0.05) is 6.42 Å². The number of nitrogens with two attached hydrogens (primary N) is 2. The molecule has 3 saturated heterocycles. The second-order valence-electron chi connectivity index (χ2n) is 16.9. The van der Waals surface area contributed by atoms with Gasteiger partial charge in [-0.1, -0.05) is 0 Å². The summed E-state index contributed by atoms with van der Waals surface area (Å²) in [4.78, 5) is 93.3. The monoisotopic (exact) mass is 1180 g/mol. The molecule has 8 rings (SSSR count). The molecule has 5 aromatic rings. The minimum Gasteiger partial charge on any atom is -0.420 e. The molecule has 0 aliphatic carbocycles. The van der Waals surface area contributed by atoms with E-state index in [0.29, 0.717) is 0 Å². The molecule has 32 nitrogen and oxygen atoms in total. The van der Waals surface area contributed by atoms with Crippen LogP contribution in [0.3, 0.4) is 0 Å². The lowest BCUT2D eigenvalue weighted by atomic mass is 10.1. The summed E-state index contributed by atoms with van der Waals surface area (Å²) in [6.07, 6.45) is -10.6. The minimum absolute atomic E-state index is 0.0100. The van der Waals surface area contributed by atoms with Crippen LogP contribution < -0.4 is 32.6 Å². The molecular weight excluding hydrogens is 1130 g/mol. The molecule has 0 radical (unpaired) electrons. The van der Waals surface area contributed by atoms with Crippen molar-refractivity contribution in [2.24, 2.45) is 0 Å². The van der Waals surface area contributed by atoms with Crippen LogP contribution in [0.15, 0.2) is 22.2 Å². The summed E-state index contributed by atoms with van der Waals surface area (Å²) in [5.41, 5.74) is 9.19. The van der Waals surface area contributed by atoms with Crippen molar-refractivity contribution in [1.82, 2.24) is 44.4 Å². The number of carbonyl (C=O) groups is 2. The largest absolute Gasteiger partial charge is 0.472 e. The summed E-state index contributed by atoms with van der Waals surface area (Å²) in [5, 5.41) is 14.0. The van der Waals surface area contributed by atoms with E-state index < -0.39 is 142 Å². The summed E-state index contributed by atoms with van der Waals surface area (Å²) in [7, 11) is -10.6. The number of H-pyrrole nitrogens is 2. The summed E-state index contributed by atoms with van der Waals surface area (Å²) in [5.74, 6) is -16.0. The molecule has 1 amide bonds. The number of benzene rings is 1. The molecular formula is C40H48F5N11O21P2. The number of aliphatic hydroxyl groups excluding tert-OH is 1. The molecule has 434 valence electrons. The number of ether oxygens (including phenoxy) is 8. The van der Waals surface area contributed by atoms with Gasteiger partial charge in [0.25, 0.3) is 11.1 Å². The average molecular weight is 1180 g/mol. The Kier molecular flexibility index (Phi) is 19.2. The Labute approximate surface area is 437 Å². The molecule has 7 heterocycles. The van der Waals surface area contributed by atoms with Crippen molar-refractivity contribution in [3.8, 4) is 5.75 Å². The first-order valence-corrected chi connectivity index (χ1v) is 26.3. The number of esters is 1. The molecule has 3 aliphatic rings. The SMILES string of the molecule is Nc1nc2c(ncn2[C@@H]2O[C@@H]3COP(=O)(O)OC4[C@@H](COP(=O)(O)OC3[C@@H]2O)O[C@@H](n2cnc3c(=O)[nH]c(N)nc32)[C@H]4NC(=O)CCOCCOCCOCCOCCOCCC(=O)Oc2c(F)c(F)c(F)c(F)c2F)c(=O)[nH]1. The number of phosphoric ester groups is 2. The molecule has 79 heavy (non-hydrogen) atoms. The predicted octanol–water partition coefficient (Wildman–Crippen LogP) is -0.760. The molecule has 10 atom stereocenters. The van der Waals surface area contributed by atoms with E-state index in [0.717, 1.165) is 21.8 Å². The number of nitrogen functional groups attached to an aromatic ring is 2. The van der Waals surface area contributed by atoms with Crippen LogP contribution in [-0.4, -0.2) is 182 Å². The van der Waals surface area contributed by atoms with Crippen LogP contribution >= 0.6 is 15.6 Å². The number of hydrogen-bond donors (Lipinski definition) is 8. The van der Waals surface area contributed by atoms with Gasteiger partial charge in [-0.25, -0.2) is 32.3 Å². The normalized spacial score (nSPS) is 26.4. The summed E-state index contributed by atoms with van der Waals surface area (Å²) in [6, 6.07) is -1.53. The molecule has 0 spiro atoms. The van der Waals surface area contributed by atoms with E-state index in [2.05, 4.69) is 40.0 Å². The van der Waals surface area contributed by atoms with E-state index in [4.69, 9.17) is 62.7 Å². The Morgan fingerprint density at radius 3 is 1.58 bits per heavy atom. The number of imidazole rings is 2. The number of anilines is 2. The summed E-state index contributed by atoms with van der Waals surface area (Å²) in [6.45, 7) is -1.79. The molecule has 10 N–H and O–H groups in total. The first kappa shape index (κ1) is 59.1. The zero-order valence-corrected chi connectivity index (χ0v) is 42.3. The van der Waals surface area contributed by atoms with Gasteiger partial charge >= 0.3 is 21.6 Å². The van der Waals surface area contributed by atoms with Crippen molar-refractivity contribution in [1.29, 1.82) is 0 Å². The van der Waals surface area contributed by atoms with Crippen LogP contribution in [0.4, 0.5) is 33.8 Å². The standard InChI is InChI=1S/C40H48F5N11O21P2/c41-21-22(42)24(44)32(25(45)23(21)43)75-20(58)2-4-67-6-8-69-10-12-70-11-9-68-7-5-66-3-1-19(57)50-26-30-17(73-37(26)55-15-48-27-33(55)51-39(46)53-35(27)60)13-71-79(64,65)77-31-18(14-72-78(62,63)76-30)74-38(29(31)59)56-16-49-28-34(56)52-40(47)54-36(28)61/h15-18,26,29-31,37-38,59H,1-14H2,(H,50,57)(H,62,63)(H,64,65)(H3,46,51,53,60)(H3,47,52,54,61)/t17-,18-,26+,29+,30?,31?,37-,38-/m1/s1. The number of aliphatic hydroxyl groups is 1. The van der Waals surface area contributed by atoms with Crippen LogP contribution in [0, 0.1) is 29.1 Å². The fourth-order valence-corrected chi connectivity index (χ4v) is 9.90. The molecule has 3 aliphatic heterocycles. The number of halogens is 5. The van der Waals surface area contributed by atoms with Crippen molar-refractivity contribution in [3.63, 3.8) is 0 Å². The van der Waals surface area contributed by atoms with Gasteiger partial charge in [-0.3, -0.25) is 56.4 Å². The van der Waals surface area contributed by atoms with Crippen LogP contribution in [0.2, 0.25) is 0 Å². The predicted molar refractivity (Wildman–Crippen MR) is 247 cm³/mol. The lowest BCUT2D eigenvalue weighted by Gasteiger charge is -2.29. The number of nitrogens with one attached hydrogen (secondary N) is 3. The zero-order chi connectivity index (χ0) is 56.8. The third-order valence-corrected chi connectivity index (χ3v) is 13.5. The second-order valence-corrected chi connectivity index (χ2v) is 19.7. The quantitative estimate of drug-likeness (QED) is 0.00803. The second kappa shape index (κ2) is 25.6. The van der Waals surface area contributed by atoms with E-state index in [9.17, 15) is 65.2 Å². The van der Waals surface area contributed by atoms with Gasteiger partial charge in [0.05, 0.1) is 98.4 Å². The number of hydrogen-bond acceptors (Lipinski definition) is 25. The van der Waals surface area contributed by atoms with Gasteiger partial charge in [-0.05, 0) is 0 Å². The number of fused-ring (bicyclic) bond motifs is 4. The van der Waals surface area contributed by atoms with Crippen LogP contribution in [0.25, 0.3) is 22.3 Å². The lowest BCUT2D eigenvalue weighted by molar-refractivity contribution is -0.136. The molecule has 1 aromatic carbocycles. The van der Waals surface area contributed by atoms with E-state index in [1.54, 1.807) is 0 Å². The van der Waals surface area contributed by atoms with E-state index in [1.165, 1.54) is 0 Å². The molecule has 4 aromatic heterocycles. The molecule has 0 bridgehead atoms. The van der Waals surface area contributed by atoms with E-state index >= 15 is 0 Å². The lowest BCUT2D eigenvalue weighted by Crippen LogP contribution is -2.48. The first-order valence-electron chi connectivity index (χ1n) is 23.3. The highest BCUT2D eigenvalue weighted by Gasteiger charge is 2.55. The molecule has 39 heteroatoms. The number of carbonyl (C=O) groups excluding carboxylic acids is 2. The number of amides is 1. The Morgan fingerprint density at radius 2 is 1.08 bits per heavy atom. The van der Waals surface area contributed by atoms with Crippen molar-refractivity contribution >= 4 is 61.7 Å². The van der Waals surface area contributed by atoms with Gasteiger partial charge in [-0.2, -0.15) is 18.7 Å². The first-order chi connectivity index (χ1) is 37.6.